The van der Waals surface area contributed by atoms with E-state index in [0.717, 1.165) is 18.6 Å². The van der Waals surface area contributed by atoms with Crippen LogP contribution in [-0.2, 0) is 5.60 Å². The van der Waals surface area contributed by atoms with Crippen molar-refractivity contribution in [2.24, 2.45) is 0 Å². The van der Waals surface area contributed by atoms with Gasteiger partial charge in [-0.3, -0.25) is 4.79 Å². The van der Waals surface area contributed by atoms with Gasteiger partial charge in [-0.25, -0.2) is 0 Å². The molecule has 1 aliphatic heterocycles. The molecule has 1 amide bonds. The SMILES string of the molecule is Cc1ccc(C(C)(O)CNC2CCN(C(=O)c3ccco3)CC2)o1. The monoisotopic (exact) mass is 332 g/mol. The number of aliphatic hydroxyl groups is 1. The Morgan fingerprint density at radius 1 is 1.38 bits per heavy atom. The third-order valence-corrected chi connectivity index (χ3v) is 4.52. The van der Waals surface area contributed by atoms with Gasteiger partial charge in [-0.05, 0) is 51.0 Å². The van der Waals surface area contributed by atoms with Gasteiger partial charge in [0.15, 0.2) is 5.76 Å². The molecule has 0 radical (unpaired) electrons. The van der Waals surface area contributed by atoms with Crippen LogP contribution in [0.15, 0.2) is 39.4 Å². The van der Waals surface area contributed by atoms with Crippen LogP contribution in [0.1, 0.15) is 41.8 Å². The number of carbonyl (C=O) groups excluding carboxylic acids is 1. The van der Waals surface area contributed by atoms with Crippen LogP contribution in [0.2, 0.25) is 0 Å². The second-order valence-corrected chi connectivity index (χ2v) is 6.61. The molecular weight excluding hydrogens is 308 g/mol. The van der Waals surface area contributed by atoms with Gasteiger partial charge in [0.1, 0.15) is 17.1 Å². The zero-order chi connectivity index (χ0) is 17.2. The maximum absolute atomic E-state index is 12.2. The molecule has 1 aliphatic rings. The Morgan fingerprint density at radius 3 is 2.71 bits per heavy atom. The number of carbonyl (C=O) groups is 1. The first kappa shape index (κ1) is 16.8. The Kier molecular flexibility index (Phi) is 4.78. The lowest BCUT2D eigenvalue weighted by atomic mass is 10.0. The highest BCUT2D eigenvalue weighted by atomic mass is 16.4. The van der Waals surface area contributed by atoms with E-state index >= 15 is 0 Å². The van der Waals surface area contributed by atoms with Crippen molar-refractivity contribution in [1.82, 2.24) is 10.2 Å². The summed E-state index contributed by atoms with van der Waals surface area (Å²) < 4.78 is 10.7. The van der Waals surface area contributed by atoms with Crippen LogP contribution in [0.4, 0.5) is 0 Å². The molecule has 1 saturated heterocycles. The van der Waals surface area contributed by atoms with Crippen molar-refractivity contribution in [3.05, 3.63) is 47.8 Å². The summed E-state index contributed by atoms with van der Waals surface area (Å²) in [6, 6.07) is 7.34. The molecule has 1 atom stereocenters. The predicted molar refractivity (Wildman–Crippen MR) is 88.7 cm³/mol. The summed E-state index contributed by atoms with van der Waals surface area (Å²) in [4.78, 5) is 14.0. The molecule has 6 heteroatoms. The molecule has 1 unspecified atom stereocenters. The van der Waals surface area contributed by atoms with E-state index in [1.165, 1.54) is 6.26 Å². The smallest absolute Gasteiger partial charge is 0.289 e. The molecule has 24 heavy (non-hydrogen) atoms. The summed E-state index contributed by atoms with van der Waals surface area (Å²) in [5.74, 6) is 1.68. The molecule has 0 spiro atoms. The molecule has 3 rings (SSSR count). The summed E-state index contributed by atoms with van der Waals surface area (Å²) >= 11 is 0. The number of piperidine rings is 1. The lowest BCUT2D eigenvalue weighted by Gasteiger charge is -2.33. The minimum Gasteiger partial charge on any atom is -0.463 e. The minimum absolute atomic E-state index is 0.0588. The van der Waals surface area contributed by atoms with Crippen LogP contribution in [-0.4, -0.2) is 41.6 Å². The molecule has 2 aromatic rings. The van der Waals surface area contributed by atoms with E-state index in [0.29, 0.717) is 31.2 Å². The van der Waals surface area contributed by atoms with Crippen molar-refractivity contribution in [2.45, 2.75) is 38.3 Å². The number of nitrogens with one attached hydrogen (secondary N) is 1. The largest absolute Gasteiger partial charge is 0.463 e. The van der Waals surface area contributed by atoms with Crippen molar-refractivity contribution in [3.63, 3.8) is 0 Å². The first-order valence-electron chi connectivity index (χ1n) is 8.31. The summed E-state index contributed by atoms with van der Waals surface area (Å²) in [5, 5.41) is 14.0. The average molecular weight is 332 g/mol. The van der Waals surface area contributed by atoms with E-state index in [-0.39, 0.29) is 11.9 Å². The number of likely N-dealkylation sites (tertiary alicyclic amines) is 1. The number of rotatable bonds is 5. The van der Waals surface area contributed by atoms with Crippen molar-refractivity contribution >= 4 is 5.91 Å². The molecule has 0 saturated carbocycles. The average Bonchev–Trinajstić information content (AvgIpc) is 3.24. The number of amides is 1. The number of hydrogen-bond donors (Lipinski definition) is 2. The summed E-state index contributed by atoms with van der Waals surface area (Å²) in [6.45, 7) is 5.38. The van der Waals surface area contributed by atoms with Gasteiger partial charge >= 0.3 is 0 Å². The maximum atomic E-state index is 12.2. The van der Waals surface area contributed by atoms with Gasteiger partial charge in [-0.2, -0.15) is 0 Å². The third-order valence-electron chi connectivity index (χ3n) is 4.52. The first-order chi connectivity index (χ1) is 11.5. The minimum atomic E-state index is -1.05. The van der Waals surface area contributed by atoms with Crippen molar-refractivity contribution in [1.29, 1.82) is 0 Å². The fourth-order valence-corrected chi connectivity index (χ4v) is 3.00. The summed E-state index contributed by atoms with van der Waals surface area (Å²) in [5.41, 5.74) is -1.05. The standard InChI is InChI=1S/C18H24N2O4/c1-13-5-6-16(24-13)18(2,22)12-19-14-7-9-20(10-8-14)17(21)15-4-3-11-23-15/h3-6,11,14,19,22H,7-10,12H2,1-2H3. The predicted octanol–water partition coefficient (Wildman–Crippen LogP) is 2.28. The molecule has 0 aromatic carbocycles. The maximum Gasteiger partial charge on any atom is 0.289 e. The van der Waals surface area contributed by atoms with Gasteiger partial charge in [0.05, 0.1) is 6.26 Å². The van der Waals surface area contributed by atoms with Gasteiger partial charge in [0.25, 0.3) is 5.91 Å². The highest BCUT2D eigenvalue weighted by Crippen LogP contribution is 2.23. The Hall–Kier alpha value is -2.05. The second-order valence-electron chi connectivity index (χ2n) is 6.61. The molecule has 1 fully saturated rings. The fraction of sp³-hybridized carbons (Fsp3) is 0.500. The van der Waals surface area contributed by atoms with E-state index in [1.54, 1.807) is 19.1 Å². The third kappa shape index (κ3) is 3.71. The lowest BCUT2D eigenvalue weighted by molar-refractivity contribution is 0.0276. The highest BCUT2D eigenvalue weighted by molar-refractivity contribution is 5.91. The van der Waals surface area contributed by atoms with Crippen molar-refractivity contribution < 1.29 is 18.7 Å². The second kappa shape index (κ2) is 6.83. The van der Waals surface area contributed by atoms with E-state index in [2.05, 4.69) is 5.32 Å². The van der Waals surface area contributed by atoms with Crippen LogP contribution >= 0.6 is 0 Å². The number of furan rings is 2. The molecule has 0 aliphatic carbocycles. The number of hydrogen-bond acceptors (Lipinski definition) is 5. The normalized spacial score (nSPS) is 18.5. The molecular formula is C18H24N2O4. The Morgan fingerprint density at radius 2 is 2.12 bits per heavy atom. The van der Waals surface area contributed by atoms with Crippen LogP contribution in [0.3, 0.4) is 0 Å². The van der Waals surface area contributed by atoms with Gasteiger partial charge in [-0.1, -0.05) is 0 Å². The van der Waals surface area contributed by atoms with E-state index in [4.69, 9.17) is 8.83 Å². The molecule has 6 nitrogen and oxygen atoms in total. The van der Waals surface area contributed by atoms with Gasteiger partial charge in [-0.15, -0.1) is 0 Å². The molecule has 2 aromatic heterocycles. The Balaban J connectivity index is 1.48. The van der Waals surface area contributed by atoms with Gasteiger partial charge in [0.2, 0.25) is 0 Å². The van der Waals surface area contributed by atoms with Gasteiger partial charge in [0, 0.05) is 25.7 Å². The molecule has 130 valence electrons. The number of aryl methyl sites for hydroxylation is 1. The van der Waals surface area contributed by atoms with Crippen LogP contribution in [0.25, 0.3) is 0 Å². The highest BCUT2D eigenvalue weighted by Gasteiger charge is 2.30. The summed E-state index contributed by atoms with van der Waals surface area (Å²) in [7, 11) is 0. The topological polar surface area (TPSA) is 78.9 Å². The van der Waals surface area contributed by atoms with E-state index in [9.17, 15) is 9.90 Å². The van der Waals surface area contributed by atoms with Crippen molar-refractivity contribution in [3.8, 4) is 0 Å². The zero-order valence-electron chi connectivity index (χ0n) is 14.1. The fourth-order valence-electron chi connectivity index (χ4n) is 3.00. The van der Waals surface area contributed by atoms with Crippen LogP contribution in [0, 0.1) is 6.92 Å². The summed E-state index contributed by atoms with van der Waals surface area (Å²) in [6.07, 6.45) is 3.21. The van der Waals surface area contributed by atoms with Gasteiger partial charge < -0.3 is 24.2 Å². The van der Waals surface area contributed by atoms with Crippen molar-refractivity contribution in [2.75, 3.05) is 19.6 Å². The molecule has 3 heterocycles. The van der Waals surface area contributed by atoms with E-state index in [1.807, 2.05) is 24.0 Å². The van der Waals surface area contributed by atoms with E-state index < -0.39 is 5.60 Å². The Labute approximate surface area is 141 Å². The molecule has 2 N–H and O–H groups in total. The van der Waals surface area contributed by atoms with Crippen LogP contribution < -0.4 is 5.32 Å². The van der Waals surface area contributed by atoms with Crippen LogP contribution in [0.5, 0.6) is 0 Å². The quantitative estimate of drug-likeness (QED) is 0.878. The lowest BCUT2D eigenvalue weighted by Crippen LogP contribution is -2.48. The Bertz CT molecular complexity index is 667. The molecule has 0 bridgehead atoms. The first-order valence-corrected chi connectivity index (χ1v) is 8.31. The number of nitrogens with zero attached hydrogens (tertiary/aromatic N) is 1. The zero-order valence-corrected chi connectivity index (χ0v) is 14.1.